The summed E-state index contributed by atoms with van der Waals surface area (Å²) in [5.74, 6) is 2.11. The van der Waals surface area contributed by atoms with Gasteiger partial charge in [0.15, 0.2) is 0 Å². The molecule has 1 aliphatic rings. The smallest absolute Gasteiger partial charge is 0.503 e. The molecular formula is C41H26N4OPdS. The minimum Gasteiger partial charge on any atom is -0.503 e. The second-order valence-electron chi connectivity index (χ2n) is 12.5. The number of nitrogens with zero attached hydrogens (tertiary/aromatic N) is 4. The molecule has 4 aromatic heterocycles. The predicted octanol–water partition coefficient (Wildman–Crippen LogP) is 10.9. The summed E-state index contributed by atoms with van der Waals surface area (Å²) < 4.78 is 11.2. The number of pyridine rings is 2. The van der Waals surface area contributed by atoms with Crippen molar-refractivity contribution in [2.75, 3.05) is 4.90 Å². The molecule has 7 heteroatoms. The fourth-order valence-electron chi connectivity index (χ4n) is 7.38. The first-order chi connectivity index (χ1) is 23.1. The van der Waals surface area contributed by atoms with Crippen molar-refractivity contribution < 1.29 is 25.2 Å². The van der Waals surface area contributed by atoms with Gasteiger partial charge in [-0.3, -0.25) is 4.98 Å². The van der Waals surface area contributed by atoms with Crippen LogP contribution in [-0.2, 0) is 25.8 Å². The first-order valence-electron chi connectivity index (χ1n) is 15.7. The summed E-state index contributed by atoms with van der Waals surface area (Å²) in [6.07, 6.45) is 5.77. The zero-order valence-corrected chi connectivity index (χ0v) is 28.3. The summed E-state index contributed by atoms with van der Waals surface area (Å²) in [6, 6.07) is 43.0. The molecule has 1 aliphatic heterocycles. The molecule has 5 nitrogen and oxygen atoms in total. The van der Waals surface area contributed by atoms with E-state index in [2.05, 4.69) is 114 Å². The molecule has 10 rings (SSSR count). The Morgan fingerprint density at radius 3 is 2.44 bits per heavy atom. The summed E-state index contributed by atoms with van der Waals surface area (Å²) in [4.78, 5) is 11.8. The van der Waals surface area contributed by atoms with E-state index in [1.807, 2.05) is 54.2 Å². The zero-order valence-electron chi connectivity index (χ0n) is 26.0. The Balaban J connectivity index is 0.00000314. The normalized spacial score (nSPS) is 13.6. The number of benzene rings is 5. The largest absolute Gasteiger partial charge is 2.00 e. The standard InChI is InChI=1S/C41H26N4OS.Pd/c1-41(2)32-12-4-5-14-34(32)45(40-33(41)13-8-20-42-40)25-9-7-10-26(23-25)46-27-16-17-28-29-18-19-36-37(30-11-3-6-15-35(30)47-36)38(29)44-22-21-43-39(44)31(28)24-27;/h3-22H,1-2H3;/q-2;+2. The third-order valence-electron chi connectivity index (χ3n) is 9.53. The van der Waals surface area contributed by atoms with Crippen LogP contribution in [0.3, 0.4) is 0 Å². The number of hydrogen-bond donors (Lipinski definition) is 0. The molecule has 5 aromatic carbocycles. The first kappa shape index (κ1) is 29.1. The average molecular weight is 729 g/mol. The number of aromatic nitrogens is 3. The van der Waals surface area contributed by atoms with E-state index in [0.717, 1.165) is 39.0 Å². The van der Waals surface area contributed by atoms with Crippen molar-refractivity contribution in [2.24, 2.45) is 0 Å². The van der Waals surface area contributed by atoms with Gasteiger partial charge in [-0.25, -0.2) is 4.98 Å². The van der Waals surface area contributed by atoms with Gasteiger partial charge in [0.1, 0.15) is 5.82 Å². The van der Waals surface area contributed by atoms with Gasteiger partial charge in [0.25, 0.3) is 0 Å². The fourth-order valence-corrected chi connectivity index (χ4v) is 8.49. The molecule has 0 saturated heterocycles. The monoisotopic (exact) mass is 728 g/mol. The molecule has 0 bridgehead atoms. The van der Waals surface area contributed by atoms with E-state index >= 15 is 0 Å². The topological polar surface area (TPSA) is 42.7 Å². The van der Waals surface area contributed by atoms with Crippen molar-refractivity contribution in [3.63, 3.8) is 0 Å². The third-order valence-corrected chi connectivity index (χ3v) is 10.7. The van der Waals surface area contributed by atoms with Crippen LogP contribution in [0.2, 0.25) is 0 Å². The summed E-state index contributed by atoms with van der Waals surface area (Å²) in [5.41, 5.74) is 6.21. The van der Waals surface area contributed by atoms with Gasteiger partial charge in [0.2, 0.25) is 0 Å². The molecular weight excluding hydrogens is 703 g/mol. The molecule has 0 radical (unpaired) electrons. The van der Waals surface area contributed by atoms with Gasteiger partial charge >= 0.3 is 20.4 Å². The van der Waals surface area contributed by atoms with Crippen LogP contribution in [0.25, 0.3) is 47.5 Å². The number of ether oxygens (including phenoxy) is 1. The number of anilines is 3. The van der Waals surface area contributed by atoms with E-state index in [4.69, 9.17) is 14.7 Å². The maximum Gasteiger partial charge on any atom is 2.00 e. The number of fused-ring (bicyclic) bond motifs is 12. The van der Waals surface area contributed by atoms with Crippen LogP contribution in [0.5, 0.6) is 11.5 Å². The molecule has 48 heavy (non-hydrogen) atoms. The molecule has 0 amide bonds. The molecule has 5 heterocycles. The van der Waals surface area contributed by atoms with Crippen molar-refractivity contribution in [1.82, 2.24) is 14.4 Å². The number of thiophene rings is 1. The average Bonchev–Trinajstić information content (AvgIpc) is 3.74. The number of para-hydroxylation sites is 1. The number of imidazole rings is 1. The second kappa shape index (κ2) is 10.7. The Labute approximate surface area is 294 Å². The van der Waals surface area contributed by atoms with Gasteiger partial charge in [-0.15, -0.1) is 41.7 Å². The predicted molar refractivity (Wildman–Crippen MR) is 192 cm³/mol. The Morgan fingerprint density at radius 1 is 0.688 bits per heavy atom. The molecule has 0 spiro atoms. The summed E-state index contributed by atoms with van der Waals surface area (Å²) >= 11 is 1.83. The molecule has 0 unspecified atom stereocenters. The van der Waals surface area contributed by atoms with Crippen LogP contribution in [0.1, 0.15) is 25.0 Å². The zero-order chi connectivity index (χ0) is 31.3. The van der Waals surface area contributed by atoms with Gasteiger partial charge in [0.05, 0.1) is 5.65 Å². The van der Waals surface area contributed by atoms with Crippen molar-refractivity contribution in [3.8, 4) is 11.5 Å². The van der Waals surface area contributed by atoms with Crippen LogP contribution >= 0.6 is 11.3 Å². The quantitative estimate of drug-likeness (QED) is 0.103. The van der Waals surface area contributed by atoms with Gasteiger partial charge in [-0.2, -0.15) is 6.07 Å². The minimum atomic E-state index is -0.185. The van der Waals surface area contributed by atoms with Crippen molar-refractivity contribution in [3.05, 3.63) is 145 Å². The Bertz CT molecular complexity index is 2680. The second-order valence-corrected chi connectivity index (χ2v) is 13.6. The van der Waals surface area contributed by atoms with E-state index in [1.54, 1.807) is 0 Å². The summed E-state index contributed by atoms with van der Waals surface area (Å²) in [6.45, 7) is 4.52. The van der Waals surface area contributed by atoms with Gasteiger partial charge < -0.3 is 14.0 Å². The fraction of sp³-hybridized carbons (Fsp3) is 0.0732. The van der Waals surface area contributed by atoms with E-state index in [9.17, 15) is 0 Å². The van der Waals surface area contributed by atoms with Crippen molar-refractivity contribution in [2.45, 2.75) is 19.3 Å². The van der Waals surface area contributed by atoms with Crippen molar-refractivity contribution in [1.29, 1.82) is 0 Å². The molecule has 232 valence electrons. The molecule has 0 N–H and O–H groups in total. The van der Waals surface area contributed by atoms with Crippen LogP contribution in [-0.4, -0.2) is 14.4 Å². The Morgan fingerprint density at radius 2 is 1.50 bits per heavy atom. The van der Waals surface area contributed by atoms with E-state index in [0.29, 0.717) is 11.5 Å². The van der Waals surface area contributed by atoms with Crippen LogP contribution in [0, 0.1) is 12.1 Å². The molecule has 0 fully saturated rings. The number of hydrogen-bond acceptors (Lipinski definition) is 5. The minimum absolute atomic E-state index is 0. The van der Waals surface area contributed by atoms with Gasteiger partial charge in [-0.05, 0) is 35.2 Å². The van der Waals surface area contributed by atoms with E-state index in [-0.39, 0.29) is 25.8 Å². The van der Waals surface area contributed by atoms with E-state index in [1.165, 1.54) is 36.8 Å². The summed E-state index contributed by atoms with van der Waals surface area (Å²) in [7, 11) is 0. The van der Waals surface area contributed by atoms with Crippen molar-refractivity contribution >= 4 is 76.0 Å². The third kappa shape index (κ3) is 4.12. The number of rotatable bonds is 3. The van der Waals surface area contributed by atoms with Crippen LogP contribution in [0.4, 0.5) is 17.2 Å². The van der Waals surface area contributed by atoms with Gasteiger partial charge in [0, 0.05) is 72.4 Å². The molecule has 0 atom stereocenters. The molecule has 9 aromatic rings. The van der Waals surface area contributed by atoms with E-state index < -0.39 is 0 Å². The summed E-state index contributed by atoms with van der Waals surface area (Å²) in [5, 5.41) is 5.70. The Kier molecular flexibility index (Phi) is 6.51. The molecule has 0 saturated carbocycles. The first-order valence-corrected chi connectivity index (χ1v) is 16.5. The molecule has 0 aliphatic carbocycles. The maximum atomic E-state index is 6.49. The maximum absolute atomic E-state index is 6.49. The van der Waals surface area contributed by atoms with Crippen LogP contribution < -0.4 is 9.64 Å². The SMILES string of the molecule is CC1(C)c2ccccc2N(c2[c-]c(Oc3[c-]c4c(cc3)c3ccc5sc6ccccc6c5c3n3ccnc43)ccc2)c2ncccc21.[Pd+2]. The van der Waals surface area contributed by atoms with Gasteiger partial charge in [-0.1, -0.05) is 84.9 Å². The Hall–Kier alpha value is -5.06. The van der Waals surface area contributed by atoms with Crippen LogP contribution in [0.15, 0.2) is 122 Å².